The maximum Gasteiger partial charge on any atom is 0.0905 e. The molecule has 0 amide bonds. The first-order valence-electron chi connectivity index (χ1n) is 7.80. The maximum atomic E-state index is 9.91. The molecule has 1 saturated carbocycles. The molecule has 0 aliphatic heterocycles. The number of hydrogen-bond acceptors (Lipinski definition) is 3. The van der Waals surface area contributed by atoms with Crippen molar-refractivity contribution in [1.82, 2.24) is 5.32 Å². The summed E-state index contributed by atoms with van der Waals surface area (Å²) in [6.07, 6.45) is 5.26. The Labute approximate surface area is 122 Å². The van der Waals surface area contributed by atoms with E-state index in [2.05, 4.69) is 24.4 Å². The van der Waals surface area contributed by atoms with E-state index in [0.717, 1.165) is 18.7 Å². The second kappa shape index (κ2) is 7.77. The minimum absolute atomic E-state index is 0.0511. The Hall–Kier alpha value is -0.900. The SMILES string of the molecule is CCNC(CO)(COCC1CCCC1)c1ccccc1. The van der Waals surface area contributed by atoms with E-state index in [0.29, 0.717) is 12.5 Å². The van der Waals surface area contributed by atoms with Crippen LogP contribution >= 0.6 is 0 Å². The zero-order chi connectivity index (χ0) is 14.3. The molecule has 2 rings (SSSR count). The molecule has 0 heterocycles. The molecule has 1 aliphatic rings. The van der Waals surface area contributed by atoms with Crippen LogP contribution in [0.5, 0.6) is 0 Å². The van der Waals surface area contributed by atoms with Gasteiger partial charge in [-0.1, -0.05) is 50.1 Å². The van der Waals surface area contributed by atoms with Crippen LogP contribution in [0, 0.1) is 5.92 Å². The highest BCUT2D eigenvalue weighted by Gasteiger charge is 2.31. The number of ether oxygens (including phenoxy) is 1. The van der Waals surface area contributed by atoms with E-state index in [9.17, 15) is 5.11 Å². The highest BCUT2D eigenvalue weighted by atomic mass is 16.5. The molecule has 0 spiro atoms. The summed E-state index contributed by atoms with van der Waals surface area (Å²) in [6.45, 7) is 4.26. The summed E-state index contributed by atoms with van der Waals surface area (Å²) in [4.78, 5) is 0. The molecule has 0 saturated heterocycles. The molecule has 3 heteroatoms. The van der Waals surface area contributed by atoms with Crippen molar-refractivity contribution >= 4 is 0 Å². The zero-order valence-corrected chi connectivity index (χ0v) is 12.5. The van der Waals surface area contributed by atoms with Crippen molar-refractivity contribution in [3.05, 3.63) is 35.9 Å². The highest BCUT2D eigenvalue weighted by molar-refractivity contribution is 5.25. The lowest BCUT2D eigenvalue weighted by molar-refractivity contribution is 0.0196. The highest BCUT2D eigenvalue weighted by Crippen LogP contribution is 2.26. The quantitative estimate of drug-likeness (QED) is 0.767. The van der Waals surface area contributed by atoms with E-state index < -0.39 is 5.54 Å². The summed E-state index contributed by atoms with van der Waals surface area (Å²) in [5.74, 6) is 0.712. The van der Waals surface area contributed by atoms with E-state index in [1.165, 1.54) is 25.7 Å². The van der Waals surface area contributed by atoms with Crippen LogP contribution in [0.4, 0.5) is 0 Å². The van der Waals surface area contributed by atoms with Gasteiger partial charge in [-0.05, 0) is 30.9 Å². The van der Waals surface area contributed by atoms with E-state index >= 15 is 0 Å². The van der Waals surface area contributed by atoms with Crippen molar-refractivity contribution in [3.63, 3.8) is 0 Å². The largest absolute Gasteiger partial charge is 0.394 e. The predicted molar refractivity (Wildman–Crippen MR) is 81.7 cm³/mol. The summed E-state index contributed by atoms with van der Waals surface area (Å²) in [6, 6.07) is 10.1. The van der Waals surface area contributed by atoms with E-state index in [4.69, 9.17) is 4.74 Å². The number of aliphatic hydroxyl groups is 1. The van der Waals surface area contributed by atoms with Gasteiger partial charge in [-0.25, -0.2) is 0 Å². The Bertz CT molecular complexity index is 376. The number of aliphatic hydroxyl groups excluding tert-OH is 1. The smallest absolute Gasteiger partial charge is 0.0905 e. The third kappa shape index (κ3) is 3.81. The van der Waals surface area contributed by atoms with Gasteiger partial charge in [-0.3, -0.25) is 0 Å². The van der Waals surface area contributed by atoms with Crippen molar-refractivity contribution < 1.29 is 9.84 Å². The van der Waals surface area contributed by atoms with Gasteiger partial charge in [0.25, 0.3) is 0 Å². The number of hydrogen-bond donors (Lipinski definition) is 2. The molecule has 112 valence electrons. The first-order chi connectivity index (χ1) is 9.80. The van der Waals surface area contributed by atoms with Crippen LogP contribution in [-0.4, -0.2) is 31.5 Å². The molecule has 1 fully saturated rings. The molecule has 2 N–H and O–H groups in total. The standard InChI is InChI=1S/C17H27NO2/c1-2-18-17(13-19,16-10-4-3-5-11-16)14-20-12-15-8-6-7-9-15/h3-5,10-11,15,18-19H,2,6-9,12-14H2,1H3. The molecule has 1 aromatic carbocycles. The Balaban J connectivity index is 1.98. The molecule has 1 atom stereocenters. The van der Waals surface area contributed by atoms with E-state index in [1.54, 1.807) is 0 Å². The Morgan fingerprint density at radius 1 is 1.25 bits per heavy atom. The minimum Gasteiger partial charge on any atom is -0.394 e. The fourth-order valence-corrected chi connectivity index (χ4v) is 3.10. The van der Waals surface area contributed by atoms with Crippen LogP contribution < -0.4 is 5.32 Å². The fraction of sp³-hybridized carbons (Fsp3) is 0.647. The third-order valence-electron chi connectivity index (χ3n) is 4.29. The van der Waals surface area contributed by atoms with Gasteiger partial charge in [0.2, 0.25) is 0 Å². The molecule has 20 heavy (non-hydrogen) atoms. The lowest BCUT2D eigenvalue weighted by atomic mass is 9.91. The Morgan fingerprint density at radius 2 is 1.95 bits per heavy atom. The first kappa shape index (κ1) is 15.5. The molecule has 1 aliphatic carbocycles. The van der Waals surface area contributed by atoms with Crippen molar-refractivity contribution in [2.24, 2.45) is 5.92 Å². The monoisotopic (exact) mass is 277 g/mol. The number of likely N-dealkylation sites (N-methyl/N-ethyl adjacent to an activating group) is 1. The van der Waals surface area contributed by atoms with Crippen LogP contribution in [0.25, 0.3) is 0 Å². The lowest BCUT2D eigenvalue weighted by Crippen LogP contribution is -2.49. The van der Waals surface area contributed by atoms with E-state index in [1.807, 2.05) is 18.2 Å². The van der Waals surface area contributed by atoms with Crippen LogP contribution in [0.3, 0.4) is 0 Å². The average molecular weight is 277 g/mol. The lowest BCUT2D eigenvalue weighted by Gasteiger charge is -2.33. The normalized spacial score (nSPS) is 19.1. The topological polar surface area (TPSA) is 41.5 Å². The van der Waals surface area contributed by atoms with Gasteiger partial charge in [0.05, 0.1) is 18.8 Å². The van der Waals surface area contributed by atoms with Crippen molar-refractivity contribution in [2.45, 2.75) is 38.1 Å². The molecule has 3 nitrogen and oxygen atoms in total. The Morgan fingerprint density at radius 3 is 2.55 bits per heavy atom. The van der Waals surface area contributed by atoms with Gasteiger partial charge in [0, 0.05) is 6.61 Å². The van der Waals surface area contributed by atoms with Gasteiger partial charge < -0.3 is 15.2 Å². The molecule has 1 unspecified atom stereocenters. The van der Waals surface area contributed by atoms with E-state index in [-0.39, 0.29) is 6.61 Å². The van der Waals surface area contributed by atoms with Gasteiger partial charge in [0.1, 0.15) is 0 Å². The Kier molecular flexibility index (Phi) is 6.02. The summed E-state index contributed by atoms with van der Waals surface area (Å²) >= 11 is 0. The predicted octanol–water partition coefficient (Wildman–Crippen LogP) is 2.69. The van der Waals surface area contributed by atoms with Crippen molar-refractivity contribution in [3.8, 4) is 0 Å². The molecule has 0 radical (unpaired) electrons. The van der Waals surface area contributed by atoms with Gasteiger partial charge in [0.15, 0.2) is 0 Å². The summed E-state index contributed by atoms with van der Waals surface area (Å²) in [5, 5.41) is 13.3. The van der Waals surface area contributed by atoms with Gasteiger partial charge >= 0.3 is 0 Å². The fourth-order valence-electron chi connectivity index (χ4n) is 3.10. The molecular formula is C17H27NO2. The van der Waals surface area contributed by atoms with Crippen LogP contribution in [0.15, 0.2) is 30.3 Å². The molecule has 0 aromatic heterocycles. The van der Waals surface area contributed by atoms with Gasteiger partial charge in [-0.15, -0.1) is 0 Å². The summed E-state index contributed by atoms with van der Waals surface area (Å²) in [5.41, 5.74) is 0.616. The number of benzene rings is 1. The van der Waals surface area contributed by atoms with Crippen LogP contribution in [0.1, 0.15) is 38.2 Å². The number of nitrogens with one attached hydrogen (secondary N) is 1. The first-order valence-corrected chi connectivity index (χ1v) is 7.80. The van der Waals surface area contributed by atoms with Gasteiger partial charge in [-0.2, -0.15) is 0 Å². The molecule has 1 aromatic rings. The second-order valence-corrected chi connectivity index (χ2v) is 5.80. The van der Waals surface area contributed by atoms with Crippen LogP contribution in [-0.2, 0) is 10.3 Å². The maximum absolute atomic E-state index is 9.91. The molecular weight excluding hydrogens is 250 g/mol. The third-order valence-corrected chi connectivity index (χ3v) is 4.29. The molecule has 0 bridgehead atoms. The van der Waals surface area contributed by atoms with Crippen LogP contribution in [0.2, 0.25) is 0 Å². The van der Waals surface area contributed by atoms with Crippen molar-refractivity contribution in [1.29, 1.82) is 0 Å². The average Bonchev–Trinajstić information content (AvgIpc) is 3.00. The second-order valence-electron chi connectivity index (χ2n) is 5.80. The summed E-state index contributed by atoms with van der Waals surface area (Å²) in [7, 11) is 0. The number of rotatable bonds is 8. The zero-order valence-electron chi connectivity index (χ0n) is 12.5. The summed E-state index contributed by atoms with van der Waals surface area (Å²) < 4.78 is 5.96. The minimum atomic E-state index is -0.478. The van der Waals surface area contributed by atoms with Crippen molar-refractivity contribution in [2.75, 3.05) is 26.4 Å².